The largest absolute Gasteiger partial charge is 0.376 e. The van der Waals surface area contributed by atoms with Gasteiger partial charge in [-0.1, -0.05) is 17.7 Å². The number of anilines is 3. The molecule has 3 amide bonds. The first-order valence-corrected chi connectivity index (χ1v) is 11.0. The van der Waals surface area contributed by atoms with Crippen LogP contribution in [0.5, 0.6) is 0 Å². The van der Waals surface area contributed by atoms with Gasteiger partial charge in [-0.2, -0.15) is 0 Å². The molecular formula is C24H30N4O3. The van der Waals surface area contributed by atoms with E-state index in [0.717, 1.165) is 56.6 Å². The van der Waals surface area contributed by atoms with Crippen molar-refractivity contribution < 1.29 is 14.3 Å². The van der Waals surface area contributed by atoms with Crippen molar-refractivity contribution >= 4 is 29.0 Å². The number of benzene rings is 2. The van der Waals surface area contributed by atoms with Crippen LogP contribution in [-0.2, 0) is 4.74 Å². The topological polar surface area (TPSA) is 82.7 Å². The molecular weight excluding hydrogens is 392 g/mol. The summed E-state index contributed by atoms with van der Waals surface area (Å²) in [6.45, 7) is 5.13. The van der Waals surface area contributed by atoms with Gasteiger partial charge >= 0.3 is 6.03 Å². The standard InChI is InChI=1S/C24H30N4O3/c1-17-6-8-18(9-7-17)26-24(30)27-19-10-11-22(28-12-2-3-13-28)21(15-19)23(29)25-16-20-5-4-14-31-20/h6-11,15,20H,2-5,12-14,16H2,1H3,(H,25,29)(H2,26,27,30). The van der Waals surface area contributed by atoms with Crippen molar-refractivity contribution in [2.45, 2.75) is 38.7 Å². The highest BCUT2D eigenvalue weighted by Gasteiger charge is 2.22. The summed E-state index contributed by atoms with van der Waals surface area (Å²) in [6.07, 6.45) is 4.34. The maximum atomic E-state index is 13.0. The van der Waals surface area contributed by atoms with Crippen molar-refractivity contribution in [2.75, 3.05) is 41.8 Å². The molecule has 0 radical (unpaired) electrons. The second-order valence-corrected chi connectivity index (χ2v) is 8.22. The molecule has 2 aliphatic rings. The molecule has 2 saturated heterocycles. The van der Waals surface area contributed by atoms with Gasteiger partial charge in [0.1, 0.15) is 0 Å². The number of rotatable bonds is 6. The van der Waals surface area contributed by atoms with Gasteiger partial charge in [0.15, 0.2) is 0 Å². The molecule has 0 spiro atoms. The SMILES string of the molecule is Cc1ccc(NC(=O)Nc2ccc(N3CCCC3)c(C(=O)NCC3CCCO3)c2)cc1. The van der Waals surface area contributed by atoms with Crippen molar-refractivity contribution in [1.29, 1.82) is 0 Å². The van der Waals surface area contributed by atoms with Crippen molar-refractivity contribution in [2.24, 2.45) is 0 Å². The molecule has 7 nitrogen and oxygen atoms in total. The highest BCUT2D eigenvalue weighted by molar-refractivity contribution is 6.04. The van der Waals surface area contributed by atoms with Gasteiger partial charge < -0.3 is 25.6 Å². The number of nitrogens with one attached hydrogen (secondary N) is 3. The fraction of sp³-hybridized carbons (Fsp3) is 0.417. The molecule has 2 fully saturated rings. The normalized spacial score (nSPS) is 18.1. The molecule has 0 aromatic heterocycles. The first-order chi connectivity index (χ1) is 15.1. The second-order valence-electron chi connectivity index (χ2n) is 8.22. The van der Waals surface area contributed by atoms with E-state index in [1.165, 1.54) is 0 Å². The van der Waals surface area contributed by atoms with Gasteiger partial charge in [0, 0.05) is 43.3 Å². The minimum absolute atomic E-state index is 0.0841. The van der Waals surface area contributed by atoms with E-state index in [-0.39, 0.29) is 18.0 Å². The van der Waals surface area contributed by atoms with Crippen molar-refractivity contribution in [3.05, 3.63) is 53.6 Å². The molecule has 2 aromatic rings. The van der Waals surface area contributed by atoms with Crippen molar-refractivity contribution in [3.63, 3.8) is 0 Å². The molecule has 31 heavy (non-hydrogen) atoms. The van der Waals surface area contributed by atoms with E-state index in [9.17, 15) is 9.59 Å². The first-order valence-electron chi connectivity index (χ1n) is 11.0. The lowest BCUT2D eigenvalue weighted by molar-refractivity contribution is 0.0858. The predicted octanol–water partition coefficient (Wildman–Crippen LogP) is 4.15. The summed E-state index contributed by atoms with van der Waals surface area (Å²) in [5.41, 5.74) is 3.91. The first kappa shape index (κ1) is 21.2. The van der Waals surface area contributed by atoms with Crippen LogP contribution in [0.1, 0.15) is 41.6 Å². The van der Waals surface area contributed by atoms with Gasteiger partial charge in [-0.3, -0.25) is 4.79 Å². The zero-order chi connectivity index (χ0) is 21.6. The smallest absolute Gasteiger partial charge is 0.323 e. The second kappa shape index (κ2) is 9.83. The van der Waals surface area contributed by atoms with Crippen LogP contribution in [0.3, 0.4) is 0 Å². The molecule has 2 heterocycles. The van der Waals surface area contributed by atoms with E-state index >= 15 is 0 Å². The number of hydrogen-bond donors (Lipinski definition) is 3. The molecule has 1 unspecified atom stereocenters. The number of nitrogens with zero attached hydrogens (tertiary/aromatic N) is 1. The number of hydrogen-bond acceptors (Lipinski definition) is 4. The Morgan fingerprint density at radius 3 is 2.42 bits per heavy atom. The van der Waals surface area contributed by atoms with Crippen LogP contribution in [0.4, 0.5) is 21.9 Å². The number of amides is 3. The summed E-state index contributed by atoms with van der Waals surface area (Å²) in [7, 11) is 0. The number of urea groups is 1. The third-order valence-corrected chi connectivity index (χ3v) is 5.77. The van der Waals surface area contributed by atoms with E-state index in [4.69, 9.17) is 4.74 Å². The van der Waals surface area contributed by atoms with Crippen LogP contribution < -0.4 is 20.9 Å². The summed E-state index contributed by atoms with van der Waals surface area (Å²) in [5.74, 6) is -0.139. The molecule has 4 rings (SSSR count). The molecule has 0 saturated carbocycles. The van der Waals surface area contributed by atoms with Gasteiger partial charge in [0.05, 0.1) is 11.7 Å². The molecule has 0 aliphatic carbocycles. The van der Waals surface area contributed by atoms with Crippen molar-refractivity contribution in [3.8, 4) is 0 Å². The van der Waals surface area contributed by atoms with Crippen LogP contribution in [-0.4, -0.2) is 44.3 Å². The van der Waals surface area contributed by atoms with Gasteiger partial charge in [0.25, 0.3) is 5.91 Å². The number of carbonyl (C=O) groups is 2. The zero-order valence-corrected chi connectivity index (χ0v) is 17.9. The lowest BCUT2D eigenvalue weighted by Gasteiger charge is -2.22. The van der Waals surface area contributed by atoms with E-state index in [2.05, 4.69) is 20.9 Å². The molecule has 2 aliphatic heterocycles. The van der Waals surface area contributed by atoms with Gasteiger partial charge in [-0.05, 0) is 62.9 Å². The molecule has 7 heteroatoms. The Balaban J connectivity index is 1.47. The summed E-state index contributed by atoms with van der Waals surface area (Å²) in [4.78, 5) is 27.7. The number of aryl methyl sites for hydroxylation is 1. The summed E-state index contributed by atoms with van der Waals surface area (Å²) < 4.78 is 5.62. The van der Waals surface area contributed by atoms with Gasteiger partial charge in [-0.25, -0.2) is 4.79 Å². The Morgan fingerprint density at radius 1 is 1.00 bits per heavy atom. The Morgan fingerprint density at radius 2 is 1.71 bits per heavy atom. The van der Waals surface area contributed by atoms with E-state index in [1.807, 2.05) is 43.3 Å². The van der Waals surface area contributed by atoms with Gasteiger partial charge in [-0.15, -0.1) is 0 Å². The monoisotopic (exact) mass is 422 g/mol. The highest BCUT2D eigenvalue weighted by atomic mass is 16.5. The molecule has 3 N–H and O–H groups in total. The lowest BCUT2D eigenvalue weighted by Crippen LogP contribution is -2.33. The van der Waals surface area contributed by atoms with Crippen LogP contribution in [0, 0.1) is 6.92 Å². The zero-order valence-electron chi connectivity index (χ0n) is 17.9. The fourth-order valence-electron chi connectivity index (χ4n) is 4.07. The van der Waals surface area contributed by atoms with E-state index < -0.39 is 0 Å². The highest BCUT2D eigenvalue weighted by Crippen LogP contribution is 2.28. The maximum absolute atomic E-state index is 13.0. The maximum Gasteiger partial charge on any atom is 0.323 e. The number of ether oxygens (including phenoxy) is 1. The predicted molar refractivity (Wildman–Crippen MR) is 123 cm³/mol. The minimum atomic E-state index is -0.344. The van der Waals surface area contributed by atoms with Crippen molar-refractivity contribution in [1.82, 2.24) is 5.32 Å². The molecule has 1 atom stereocenters. The average molecular weight is 423 g/mol. The summed E-state index contributed by atoms with van der Waals surface area (Å²) >= 11 is 0. The minimum Gasteiger partial charge on any atom is -0.376 e. The Labute approximate surface area is 183 Å². The van der Waals surface area contributed by atoms with Crippen LogP contribution >= 0.6 is 0 Å². The summed E-state index contributed by atoms with van der Waals surface area (Å²) in [5, 5.41) is 8.67. The van der Waals surface area contributed by atoms with E-state index in [0.29, 0.717) is 23.5 Å². The average Bonchev–Trinajstić information content (AvgIpc) is 3.48. The number of carbonyl (C=O) groups excluding carboxylic acids is 2. The summed E-state index contributed by atoms with van der Waals surface area (Å²) in [6, 6.07) is 12.8. The van der Waals surface area contributed by atoms with Crippen LogP contribution in [0.2, 0.25) is 0 Å². The quantitative estimate of drug-likeness (QED) is 0.653. The Bertz CT molecular complexity index is 917. The third kappa shape index (κ3) is 5.55. The molecule has 164 valence electrons. The Hall–Kier alpha value is -3.06. The Kier molecular flexibility index (Phi) is 6.72. The molecule has 2 aromatic carbocycles. The third-order valence-electron chi connectivity index (χ3n) is 5.77. The molecule has 0 bridgehead atoms. The lowest BCUT2D eigenvalue weighted by atomic mass is 10.1. The van der Waals surface area contributed by atoms with Crippen LogP contribution in [0.25, 0.3) is 0 Å². The van der Waals surface area contributed by atoms with Gasteiger partial charge in [0.2, 0.25) is 0 Å². The van der Waals surface area contributed by atoms with E-state index in [1.54, 1.807) is 6.07 Å². The fourth-order valence-corrected chi connectivity index (χ4v) is 4.07. The van der Waals surface area contributed by atoms with Crippen LogP contribution in [0.15, 0.2) is 42.5 Å².